The van der Waals surface area contributed by atoms with Crippen LogP contribution in [-0.2, 0) is 12.8 Å². The molecule has 7 nitrogen and oxygen atoms in total. The number of aliphatic imine (C=N–C) groups is 1. The van der Waals surface area contributed by atoms with E-state index in [0.717, 1.165) is 36.9 Å². The molecule has 0 aliphatic heterocycles. The summed E-state index contributed by atoms with van der Waals surface area (Å²) in [4.78, 5) is 17.0. The number of hydrogen-bond acceptors (Lipinski definition) is 7. The molecule has 1 aromatic rings. The van der Waals surface area contributed by atoms with E-state index in [1.807, 2.05) is 25.1 Å². The normalized spacial score (nSPS) is 14.7. The fourth-order valence-corrected chi connectivity index (χ4v) is 2.68. The average molecular weight is 304 g/mol. The van der Waals surface area contributed by atoms with Crippen LogP contribution in [0.3, 0.4) is 0 Å². The monoisotopic (exact) mass is 304 g/mol. The second-order valence-corrected chi connectivity index (χ2v) is 5.66. The van der Waals surface area contributed by atoms with Gasteiger partial charge in [-0.1, -0.05) is 6.07 Å². The summed E-state index contributed by atoms with van der Waals surface area (Å²) in [5.41, 5.74) is 2.50. The molecule has 1 atom stereocenters. The average Bonchev–Trinajstić information content (AvgIpc) is 2.98. The topological polar surface area (TPSA) is 83.4 Å². The van der Waals surface area contributed by atoms with Gasteiger partial charge in [0.2, 0.25) is 0 Å². The van der Waals surface area contributed by atoms with Crippen molar-refractivity contribution in [2.45, 2.75) is 25.6 Å². The molecule has 0 spiro atoms. The fourth-order valence-electron chi connectivity index (χ4n) is 2.68. The summed E-state index contributed by atoms with van der Waals surface area (Å²) in [6.45, 7) is 4.81. The second-order valence-electron chi connectivity index (χ2n) is 5.66. The lowest BCUT2D eigenvalue weighted by Crippen LogP contribution is -2.43. The fraction of sp³-hybridized carbons (Fsp3) is 0.533. The van der Waals surface area contributed by atoms with Gasteiger partial charge in [0.05, 0.1) is 5.69 Å². The minimum atomic E-state index is -0.833. The molecule has 120 valence electrons. The van der Waals surface area contributed by atoms with E-state index < -0.39 is 6.29 Å². The zero-order valence-corrected chi connectivity index (χ0v) is 13.1. The highest BCUT2D eigenvalue weighted by Crippen LogP contribution is 2.39. The van der Waals surface area contributed by atoms with Gasteiger partial charge in [0.15, 0.2) is 6.29 Å². The van der Waals surface area contributed by atoms with Gasteiger partial charge in [0.25, 0.3) is 0 Å². The maximum Gasteiger partial charge on any atom is 0.165 e. The maximum atomic E-state index is 12.5. The standard InChI is InChI=1S/C15H22N5O2/c1-16-15(17-9-10-19(2)3)20(22)13-8-7-11-5-4-6-12(11)14(13)18-21/h7-8,15,17H,1,4-6,9-10H2,2-3H3/q-1. The Morgan fingerprint density at radius 1 is 1.41 bits per heavy atom. The van der Waals surface area contributed by atoms with Crippen LogP contribution in [0.2, 0.25) is 0 Å². The number of aryl methyl sites for hydroxylation is 1. The van der Waals surface area contributed by atoms with Gasteiger partial charge in [-0.2, -0.15) is 0 Å². The first-order chi connectivity index (χ1) is 10.6. The van der Waals surface area contributed by atoms with Crippen LogP contribution < -0.4 is 10.4 Å². The minimum Gasteiger partial charge on any atom is -0.756 e. The summed E-state index contributed by atoms with van der Waals surface area (Å²) < 4.78 is 0. The molecule has 1 unspecified atom stereocenters. The van der Waals surface area contributed by atoms with Crippen LogP contribution in [0.1, 0.15) is 17.5 Å². The van der Waals surface area contributed by atoms with Crippen LogP contribution in [0.4, 0.5) is 11.4 Å². The first kappa shape index (κ1) is 16.5. The molecular formula is C15H22N5O2-. The van der Waals surface area contributed by atoms with Crippen molar-refractivity contribution in [3.63, 3.8) is 0 Å². The van der Waals surface area contributed by atoms with Gasteiger partial charge < -0.3 is 15.2 Å². The Morgan fingerprint density at radius 3 is 2.82 bits per heavy atom. The molecule has 0 fully saturated rings. The Morgan fingerprint density at radius 2 is 2.18 bits per heavy atom. The van der Waals surface area contributed by atoms with Gasteiger partial charge in [-0.25, -0.2) is 0 Å². The van der Waals surface area contributed by atoms with E-state index >= 15 is 0 Å². The van der Waals surface area contributed by atoms with Crippen molar-refractivity contribution in [2.24, 2.45) is 10.2 Å². The molecule has 0 heterocycles. The molecule has 0 saturated heterocycles. The Kier molecular flexibility index (Phi) is 5.59. The quantitative estimate of drug-likeness (QED) is 0.344. The minimum absolute atomic E-state index is 0.244. The molecule has 22 heavy (non-hydrogen) atoms. The third kappa shape index (κ3) is 3.49. The van der Waals surface area contributed by atoms with Crippen molar-refractivity contribution in [3.8, 4) is 0 Å². The molecule has 1 N–H and O–H groups in total. The van der Waals surface area contributed by atoms with Gasteiger partial charge in [-0.05, 0) is 62.4 Å². The van der Waals surface area contributed by atoms with E-state index in [9.17, 15) is 10.1 Å². The number of nitrogens with one attached hydrogen (secondary N) is 1. The van der Waals surface area contributed by atoms with E-state index in [2.05, 4.69) is 22.2 Å². The summed E-state index contributed by atoms with van der Waals surface area (Å²) >= 11 is 0. The molecule has 1 aliphatic carbocycles. The maximum absolute atomic E-state index is 12.5. The summed E-state index contributed by atoms with van der Waals surface area (Å²) in [5, 5.41) is 19.3. The molecule has 0 aromatic heterocycles. The first-order valence-electron chi connectivity index (χ1n) is 7.37. The first-order valence-corrected chi connectivity index (χ1v) is 7.37. The lowest BCUT2D eigenvalue weighted by atomic mass is 10.1. The van der Waals surface area contributed by atoms with Crippen LogP contribution in [0.5, 0.6) is 0 Å². The summed E-state index contributed by atoms with van der Waals surface area (Å²) in [7, 11) is 3.89. The highest BCUT2D eigenvalue weighted by molar-refractivity contribution is 5.73. The van der Waals surface area contributed by atoms with Gasteiger partial charge in [0.1, 0.15) is 5.69 Å². The molecule has 2 rings (SSSR count). The number of nitrogens with zero attached hydrogens (tertiary/aromatic N) is 4. The zero-order valence-electron chi connectivity index (χ0n) is 13.1. The van der Waals surface area contributed by atoms with Gasteiger partial charge in [0, 0.05) is 13.1 Å². The molecule has 0 saturated carbocycles. The van der Waals surface area contributed by atoms with Crippen molar-refractivity contribution in [1.82, 2.24) is 10.2 Å². The summed E-state index contributed by atoms with van der Waals surface area (Å²) in [5.74, 6) is 0. The van der Waals surface area contributed by atoms with Crippen LogP contribution >= 0.6 is 0 Å². The van der Waals surface area contributed by atoms with Crippen molar-refractivity contribution in [1.29, 1.82) is 0 Å². The summed E-state index contributed by atoms with van der Waals surface area (Å²) in [6.07, 6.45) is 1.88. The number of anilines is 1. The number of hydroxylamine groups is 1. The van der Waals surface area contributed by atoms with Gasteiger partial charge >= 0.3 is 0 Å². The van der Waals surface area contributed by atoms with Gasteiger partial charge in [-0.15, -0.1) is 4.91 Å². The van der Waals surface area contributed by atoms with Crippen LogP contribution in [0.25, 0.3) is 0 Å². The molecular weight excluding hydrogens is 282 g/mol. The van der Waals surface area contributed by atoms with Gasteiger partial charge in [-0.3, -0.25) is 10.3 Å². The van der Waals surface area contributed by atoms with Crippen molar-refractivity contribution in [2.75, 3.05) is 32.2 Å². The van der Waals surface area contributed by atoms with Crippen molar-refractivity contribution in [3.05, 3.63) is 33.4 Å². The number of fused-ring (bicyclic) bond motifs is 1. The predicted molar refractivity (Wildman–Crippen MR) is 89.7 cm³/mol. The van der Waals surface area contributed by atoms with E-state index in [-0.39, 0.29) is 11.4 Å². The van der Waals surface area contributed by atoms with Crippen LogP contribution in [-0.4, -0.2) is 45.1 Å². The second kappa shape index (κ2) is 7.44. The Hall–Kier alpha value is -1.83. The lowest BCUT2D eigenvalue weighted by Gasteiger charge is -2.37. The molecule has 7 heteroatoms. The lowest BCUT2D eigenvalue weighted by molar-refractivity contribution is 0.385. The van der Waals surface area contributed by atoms with Crippen LogP contribution in [0.15, 0.2) is 22.3 Å². The number of benzene rings is 1. The SMILES string of the molecule is C=NC(NCCN(C)C)N([O-])c1ccc2c(c1N=O)CCC2. The number of hydrogen-bond donors (Lipinski definition) is 1. The summed E-state index contributed by atoms with van der Waals surface area (Å²) in [6, 6.07) is 3.55. The molecule has 0 radical (unpaired) electrons. The van der Waals surface area contributed by atoms with Crippen molar-refractivity contribution >= 4 is 18.1 Å². The third-order valence-corrected chi connectivity index (χ3v) is 3.84. The Balaban J connectivity index is 2.18. The largest absolute Gasteiger partial charge is 0.756 e. The molecule has 1 aliphatic rings. The van der Waals surface area contributed by atoms with E-state index in [1.54, 1.807) is 6.07 Å². The highest BCUT2D eigenvalue weighted by atomic mass is 16.5. The molecule has 1 aromatic carbocycles. The van der Waals surface area contributed by atoms with Crippen LogP contribution in [0, 0.1) is 10.1 Å². The Bertz CT molecular complexity index is 547. The zero-order chi connectivity index (χ0) is 16.1. The predicted octanol–water partition coefficient (Wildman–Crippen LogP) is 2.01. The number of likely N-dealkylation sites (N-methyl/N-ethyl adjacent to an activating group) is 1. The molecule has 0 bridgehead atoms. The van der Waals surface area contributed by atoms with E-state index in [4.69, 9.17) is 0 Å². The number of nitroso groups, excluding NO2 is 1. The number of rotatable bonds is 8. The molecule has 0 amide bonds. The van der Waals surface area contributed by atoms with E-state index in [1.165, 1.54) is 0 Å². The smallest absolute Gasteiger partial charge is 0.165 e. The third-order valence-electron chi connectivity index (χ3n) is 3.84. The van der Waals surface area contributed by atoms with Crippen molar-refractivity contribution < 1.29 is 0 Å². The Labute approximate surface area is 130 Å². The highest BCUT2D eigenvalue weighted by Gasteiger charge is 2.21. The van der Waals surface area contributed by atoms with E-state index in [0.29, 0.717) is 11.6 Å².